The molecular formula is C39H69N13O13S. The second-order valence-corrected chi connectivity index (χ2v) is 17.1. The molecule has 0 aromatic rings. The van der Waals surface area contributed by atoms with Crippen LogP contribution in [0, 0.1) is 11.8 Å². The van der Waals surface area contributed by atoms with Crippen LogP contribution in [0.15, 0.2) is 4.99 Å². The maximum absolute atomic E-state index is 13.8. The smallest absolute Gasteiger partial charge is 0.328 e. The molecule has 1 saturated heterocycles. The molecule has 0 aliphatic carbocycles. The van der Waals surface area contributed by atoms with Gasteiger partial charge in [0.1, 0.15) is 42.3 Å². The number of guanidine groups is 1. The van der Waals surface area contributed by atoms with Crippen LogP contribution in [0.25, 0.3) is 0 Å². The zero-order chi connectivity index (χ0) is 50.6. The minimum absolute atomic E-state index is 0.0266. The first kappa shape index (κ1) is 58.2. The normalized spacial score (nSPS) is 17.6. The standard InChI is InChI=1S/C39H69N13O13S/c1-17(2)13-22(31(57)47-23(14-27(41)55)32(58)49-25(16-66)34(60)51-29(20(6)54)38(64)65)46-33(59)24(15-53)48-30(56)21(9-7-11-44-39(42)43)45-36(62)28(18(3)4)50-35(61)26-10-8-12-52(26)37(63)19(5)40/h17-26,28-29,53-54,66H,7-16,40H2,1-6H3,(H2,41,55)(H,45,62)(H,46,59)(H,47,57)(H,48,56)(H,49,58)(H,50,61)(H,51,60)(H,64,65)(H4,42,43,44). The molecule has 1 rings (SSSR count). The van der Waals surface area contributed by atoms with Gasteiger partial charge in [-0.25, -0.2) is 4.79 Å². The van der Waals surface area contributed by atoms with E-state index >= 15 is 0 Å². The fourth-order valence-electron chi connectivity index (χ4n) is 6.62. The van der Waals surface area contributed by atoms with Crippen LogP contribution in [0.4, 0.5) is 0 Å². The molecule has 10 atom stereocenters. The summed E-state index contributed by atoms with van der Waals surface area (Å²) in [4.78, 5) is 136. The molecule has 10 unspecified atom stereocenters. The second kappa shape index (κ2) is 28.3. The van der Waals surface area contributed by atoms with Gasteiger partial charge in [0.25, 0.3) is 0 Å². The van der Waals surface area contributed by atoms with Crippen molar-refractivity contribution in [2.24, 2.45) is 39.8 Å². The Morgan fingerprint density at radius 1 is 0.712 bits per heavy atom. The van der Waals surface area contributed by atoms with E-state index in [1.807, 2.05) is 0 Å². The van der Waals surface area contributed by atoms with Gasteiger partial charge in [0.15, 0.2) is 12.0 Å². The highest BCUT2D eigenvalue weighted by Gasteiger charge is 2.39. The van der Waals surface area contributed by atoms with Crippen LogP contribution in [0.3, 0.4) is 0 Å². The number of aliphatic carboxylic acids is 1. The van der Waals surface area contributed by atoms with Gasteiger partial charge in [0.2, 0.25) is 53.2 Å². The van der Waals surface area contributed by atoms with Crippen molar-refractivity contribution in [1.82, 2.24) is 42.1 Å². The van der Waals surface area contributed by atoms with Crippen molar-refractivity contribution in [1.29, 1.82) is 0 Å². The topological polar surface area (TPSA) is 435 Å². The highest BCUT2D eigenvalue weighted by atomic mass is 32.1. The molecule has 1 aliphatic rings. The first-order valence-electron chi connectivity index (χ1n) is 21.4. The van der Waals surface area contributed by atoms with E-state index in [-0.39, 0.29) is 37.7 Å². The van der Waals surface area contributed by atoms with Crippen molar-refractivity contribution < 1.29 is 63.3 Å². The van der Waals surface area contributed by atoms with Gasteiger partial charge in [-0.2, -0.15) is 12.6 Å². The molecule has 1 heterocycles. The van der Waals surface area contributed by atoms with E-state index in [4.69, 9.17) is 22.9 Å². The van der Waals surface area contributed by atoms with Crippen LogP contribution in [-0.4, -0.2) is 171 Å². The average Bonchev–Trinajstić information content (AvgIpc) is 3.72. The zero-order valence-corrected chi connectivity index (χ0v) is 39.0. The lowest BCUT2D eigenvalue weighted by atomic mass is 10.0. The number of carboxylic acids is 1. The third-order valence-corrected chi connectivity index (χ3v) is 10.5. The number of amides is 9. The van der Waals surface area contributed by atoms with Gasteiger partial charge in [-0.05, 0) is 57.8 Å². The Balaban J connectivity index is 3.31. The summed E-state index contributed by atoms with van der Waals surface area (Å²) in [5.74, 6) is -11.2. The molecule has 0 radical (unpaired) electrons. The Labute approximate surface area is 388 Å². The maximum atomic E-state index is 13.8. The van der Waals surface area contributed by atoms with Crippen LogP contribution in [-0.2, 0) is 47.9 Å². The van der Waals surface area contributed by atoms with Gasteiger partial charge in [-0.15, -0.1) is 0 Å². The molecule has 9 amide bonds. The summed E-state index contributed by atoms with van der Waals surface area (Å²) >= 11 is 4.01. The van der Waals surface area contributed by atoms with Crippen molar-refractivity contribution in [2.45, 2.75) is 141 Å². The van der Waals surface area contributed by atoms with E-state index in [2.05, 4.69) is 54.8 Å². The van der Waals surface area contributed by atoms with Gasteiger partial charge in [0.05, 0.1) is 25.2 Å². The predicted molar refractivity (Wildman–Crippen MR) is 240 cm³/mol. The van der Waals surface area contributed by atoms with Gasteiger partial charge >= 0.3 is 5.97 Å². The lowest BCUT2D eigenvalue weighted by molar-refractivity contribution is -0.145. The Kier molecular flexibility index (Phi) is 24.9. The molecule has 1 aliphatic heterocycles. The number of hydrogen-bond acceptors (Lipinski definition) is 15. The number of primary amides is 1. The molecule has 27 heteroatoms. The van der Waals surface area contributed by atoms with Gasteiger partial charge in [-0.1, -0.05) is 27.7 Å². The number of nitrogens with one attached hydrogen (secondary N) is 7. The summed E-state index contributed by atoms with van der Waals surface area (Å²) in [7, 11) is 0. The first-order valence-corrected chi connectivity index (χ1v) is 22.0. The van der Waals surface area contributed by atoms with Crippen molar-refractivity contribution in [3.8, 4) is 0 Å². The predicted octanol–water partition coefficient (Wildman–Crippen LogP) is -6.26. The molecule has 1 fully saturated rings. The van der Waals surface area contributed by atoms with Crippen LogP contribution in [0.5, 0.6) is 0 Å². The summed E-state index contributed by atoms with van der Waals surface area (Å²) in [6.07, 6.45) is -1.53. The number of aliphatic imine (C=N–C) groups is 1. The van der Waals surface area contributed by atoms with Crippen LogP contribution < -0.4 is 60.2 Å². The van der Waals surface area contributed by atoms with Crippen LogP contribution in [0.1, 0.15) is 80.1 Å². The maximum Gasteiger partial charge on any atom is 0.328 e. The number of nitrogens with two attached hydrogens (primary N) is 4. The summed E-state index contributed by atoms with van der Waals surface area (Å²) < 4.78 is 0. The van der Waals surface area contributed by atoms with E-state index in [1.54, 1.807) is 27.7 Å². The number of carboxylic acid groups (broad SMARTS) is 1. The van der Waals surface area contributed by atoms with Crippen LogP contribution in [0.2, 0.25) is 0 Å². The fourth-order valence-corrected chi connectivity index (χ4v) is 6.87. The third kappa shape index (κ3) is 19.4. The number of carbonyl (C=O) groups excluding carboxylic acids is 9. The Morgan fingerprint density at radius 3 is 1.73 bits per heavy atom. The summed E-state index contributed by atoms with van der Waals surface area (Å²) in [5.41, 5.74) is 22.0. The van der Waals surface area contributed by atoms with Crippen molar-refractivity contribution >= 4 is 77.7 Å². The molecule has 26 nitrogen and oxygen atoms in total. The molecule has 374 valence electrons. The molecule has 0 aromatic carbocycles. The Hall–Kier alpha value is -5.80. The molecule has 0 aromatic heterocycles. The summed E-state index contributed by atoms with van der Waals surface area (Å²) in [6.45, 7) is 8.58. The number of hydrogen-bond donors (Lipinski definition) is 15. The van der Waals surface area contributed by atoms with E-state index < -0.39 is 144 Å². The Morgan fingerprint density at radius 2 is 1.23 bits per heavy atom. The Bertz CT molecular complexity index is 1760. The van der Waals surface area contributed by atoms with E-state index in [1.165, 1.54) is 11.8 Å². The highest BCUT2D eigenvalue weighted by molar-refractivity contribution is 7.80. The lowest BCUT2D eigenvalue weighted by Gasteiger charge is -2.30. The second-order valence-electron chi connectivity index (χ2n) is 16.7. The van der Waals surface area contributed by atoms with Crippen LogP contribution >= 0.6 is 12.6 Å². The molecule has 66 heavy (non-hydrogen) atoms. The summed E-state index contributed by atoms with van der Waals surface area (Å²) in [6, 6.07) is -12.6. The number of aliphatic hydroxyl groups is 2. The molecular weight excluding hydrogens is 891 g/mol. The number of rotatable bonds is 28. The number of nitrogens with zero attached hydrogens (tertiary/aromatic N) is 2. The van der Waals surface area contributed by atoms with Gasteiger partial charge < -0.3 is 80.4 Å². The van der Waals surface area contributed by atoms with Gasteiger partial charge in [0, 0.05) is 18.8 Å². The first-order chi connectivity index (χ1) is 30.7. The molecule has 0 saturated carbocycles. The number of thiol groups is 1. The molecule has 0 bridgehead atoms. The molecule has 18 N–H and O–H groups in total. The van der Waals surface area contributed by atoms with E-state index in [0.717, 1.165) is 6.92 Å². The SMILES string of the molecule is CC(C)CC(NC(=O)C(CO)NC(=O)C(CCCN=C(N)N)NC(=O)C(NC(=O)C1CCCN1C(=O)C(C)N)C(C)C)C(=O)NC(CC(N)=O)C(=O)NC(CS)C(=O)NC(C(=O)O)C(C)O. The highest BCUT2D eigenvalue weighted by Crippen LogP contribution is 2.19. The van der Waals surface area contributed by atoms with Crippen molar-refractivity contribution in [3.05, 3.63) is 0 Å². The third-order valence-electron chi connectivity index (χ3n) is 10.1. The minimum Gasteiger partial charge on any atom is -0.480 e. The van der Waals surface area contributed by atoms with E-state index in [9.17, 15) is 63.3 Å². The number of likely N-dealkylation sites (tertiary alicyclic amines) is 1. The number of aliphatic hydroxyl groups excluding tert-OH is 2. The quantitative estimate of drug-likeness (QED) is 0.0150. The van der Waals surface area contributed by atoms with Gasteiger partial charge in [-0.3, -0.25) is 48.1 Å². The zero-order valence-electron chi connectivity index (χ0n) is 38.1. The van der Waals surface area contributed by atoms with Crippen molar-refractivity contribution in [3.63, 3.8) is 0 Å². The monoisotopic (exact) mass is 959 g/mol. The molecule has 0 spiro atoms. The van der Waals surface area contributed by atoms with Crippen molar-refractivity contribution in [2.75, 3.05) is 25.4 Å². The van der Waals surface area contributed by atoms with E-state index in [0.29, 0.717) is 19.4 Å². The largest absolute Gasteiger partial charge is 0.480 e. The number of carbonyl (C=O) groups is 10. The minimum atomic E-state index is -1.75. The lowest BCUT2D eigenvalue weighted by Crippen LogP contribution is -2.61. The fraction of sp³-hybridized carbons (Fsp3) is 0.718. The average molecular weight is 960 g/mol. The summed E-state index contributed by atoms with van der Waals surface area (Å²) in [5, 5.41) is 46.0.